The summed E-state index contributed by atoms with van der Waals surface area (Å²) in [6.45, 7) is 0.0175. The van der Waals surface area contributed by atoms with Crippen molar-refractivity contribution < 1.29 is 18.3 Å². The summed E-state index contributed by atoms with van der Waals surface area (Å²) in [4.78, 5) is 11.5. The quantitative estimate of drug-likeness (QED) is 0.716. The van der Waals surface area contributed by atoms with Gasteiger partial charge in [0.1, 0.15) is 6.61 Å². The smallest absolute Gasteiger partial charge is 0.261 e. The number of hydrogen-bond acceptors (Lipinski definition) is 3. The van der Waals surface area contributed by atoms with Crippen LogP contribution in [0.5, 0.6) is 0 Å². The summed E-state index contributed by atoms with van der Waals surface area (Å²) < 4.78 is 29.0. The van der Waals surface area contributed by atoms with E-state index in [9.17, 15) is 13.6 Å². The highest BCUT2D eigenvalue weighted by Crippen LogP contribution is 2.15. The molecule has 0 heterocycles. The molecule has 0 spiro atoms. The predicted octanol–water partition coefficient (Wildman–Crippen LogP) is 2.26. The van der Waals surface area contributed by atoms with Crippen LogP contribution in [-0.4, -0.2) is 38.6 Å². The number of carbonyl (C=O) groups is 1. The van der Waals surface area contributed by atoms with Gasteiger partial charge in [-0.2, -0.15) is 0 Å². The number of halogens is 3. The van der Waals surface area contributed by atoms with E-state index < -0.39 is 13.0 Å². The fraction of sp³-hybridized carbons (Fsp3) is 0.417. The highest BCUT2D eigenvalue weighted by molar-refractivity contribution is 9.10. The molecule has 0 bridgehead atoms. The van der Waals surface area contributed by atoms with E-state index >= 15 is 0 Å². The Labute approximate surface area is 118 Å². The van der Waals surface area contributed by atoms with Gasteiger partial charge in [0.25, 0.3) is 6.43 Å². The summed E-state index contributed by atoms with van der Waals surface area (Å²) in [7, 11) is 0. The summed E-state index contributed by atoms with van der Waals surface area (Å²) in [6, 6.07) is 7.22. The topological polar surface area (TPSA) is 50.4 Å². The van der Waals surface area contributed by atoms with Crippen molar-refractivity contribution in [1.29, 1.82) is 0 Å². The van der Waals surface area contributed by atoms with Crippen molar-refractivity contribution in [3.63, 3.8) is 0 Å². The van der Waals surface area contributed by atoms with Gasteiger partial charge in [0.05, 0.1) is 13.2 Å². The Bertz CT molecular complexity index is 405. The first-order valence-electron chi connectivity index (χ1n) is 5.70. The molecule has 0 aliphatic heterocycles. The third-order valence-electron chi connectivity index (χ3n) is 2.06. The van der Waals surface area contributed by atoms with Crippen LogP contribution in [0.3, 0.4) is 0 Å². The Balaban J connectivity index is 2.11. The van der Waals surface area contributed by atoms with Gasteiger partial charge in [-0.3, -0.25) is 4.79 Å². The lowest BCUT2D eigenvalue weighted by molar-refractivity contribution is -0.115. The second-order valence-corrected chi connectivity index (χ2v) is 4.62. The predicted molar refractivity (Wildman–Crippen MR) is 72.5 cm³/mol. The lowest BCUT2D eigenvalue weighted by atomic mass is 10.3. The molecule has 4 nitrogen and oxygen atoms in total. The van der Waals surface area contributed by atoms with Crippen molar-refractivity contribution in [3.05, 3.63) is 28.7 Å². The van der Waals surface area contributed by atoms with Crippen LogP contribution in [0, 0.1) is 0 Å². The number of benzene rings is 1. The molecule has 0 unspecified atom stereocenters. The number of anilines is 1. The van der Waals surface area contributed by atoms with Gasteiger partial charge in [-0.25, -0.2) is 8.78 Å². The molecule has 0 aliphatic rings. The van der Waals surface area contributed by atoms with E-state index in [0.717, 1.165) is 4.47 Å². The summed E-state index contributed by atoms with van der Waals surface area (Å²) in [5, 5.41) is 5.50. The van der Waals surface area contributed by atoms with Gasteiger partial charge in [-0.15, -0.1) is 0 Å². The monoisotopic (exact) mass is 336 g/mol. The van der Waals surface area contributed by atoms with Crippen molar-refractivity contribution in [3.8, 4) is 0 Å². The minimum Gasteiger partial charge on any atom is -0.374 e. The van der Waals surface area contributed by atoms with E-state index in [-0.39, 0.29) is 19.1 Å². The molecule has 1 rings (SSSR count). The van der Waals surface area contributed by atoms with Crippen LogP contribution in [0.1, 0.15) is 0 Å². The zero-order valence-corrected chi connectivity index (χ0v) is 11.8. The third-order valence-corrected chi connectivity index (χ3v) is 2.55. The molecule has 7 heteroatoms. The first-order chi connectivity index (χ1) is 9.08. The summed E-state index contributed by atoms with van der Waals surface area (Å²) >= 11 is 3.30. The first kappa shape index (κ1) is 16.0. The maximum absolute atomic E-state index is 11.7. The van der Waals surface area contributed by atoms with E-state index in [0.29, 0.717) is 12.2 Å². The van der Waals surface area contributed by atoms with Gasteiger partial charge in [-0.05, 0) is 18.2 Å². The SMILES string of the molecule is O=C(CNCCOCC(F)F)Nc1cccc(Br)c1. The van der Waals surface area contributed by atoms with Gasteiger partial charge < -0.3 is 15.4 Å². The summed E-state index contributed by atoms with van der Waals surface area (Å²) in [5.74, 6) is -0.202. The van der Waals surface area contributed by atoms with Crippen molar-refractivity contribution >= 4 is 27.5 Å². The molecule has 0 aliphatic carbocycles. The molecule has 0 saturated carbocycles. The average molecular weight is 337 g/mol. The fourth-order valence-corrected chi connectivity index (χ4v) is 1.69. The van der Waals surface area contributed by atoms with E-state index in [2.05, 4.69) is 31.3 Å². The normalized spacial score (nSPS) is 10.7. The van der Waals surface area contributed by atoms with Crippen LogP contribution in [0.25, 0.3) is 0 Å². The van der Waals surface area contributed by atoms with Crippen molar-refractivity contribution in [2.45, 2.75) is 6.43 Å². The molecule has 0 aromatic heterocycles. The molecule has 0 saturated heterocycles. The Morgan fingerprint density at radius 2 is 2.21 bits per heavy atom. The first-order valence-corrected chi connectivity index (χ1v) is 6.49. The van der Waals surface area contributed by atoms with Crippen molar-refractivity contribution in [1.82, 2.24) is 5.32 Å². The number of rotatable bonds is 8. The molecular weight excluding hydrogens is 322 g/mol. The van der Waals surface area contributed by atoms with E-state index in [1.54, 1.807) is 12.1 Å². The van der Waals surface area contributed by atoms with Crippen LogP contribution < -0.4 is 10.6 Å². The molecule has 1 aromatic rings. The molecule has 0 radical (unpaired) electrons. The average Bonchev–Trinajstić information content (AvgIpc) is 2.33. The second-order valence-electron chi connectivity index (χ2n) is 3.70. The minimum absolute atomic E-state index is 0.102. The van der Waals surface area contributed by atoms with Gasteiger partial charge in [0.2, 0.25) is 5.91 Å². The number of carbonyl (C=O) groups excluding carboxylic acids is 1. The lowest BCUT2D eigenvalue weighted by Crippen LogP contribution is -2.30. The number of amides is 1. The van der Waals surface area contributed by atoms with Crippen molar-refractivity contribution in [2.75, 3.05) is 31.6 Å². The Hall–Kier alpha value is -1.05. The largest absolute Gasteiger partial charge is 0.374 e. The Kier molecular flexibility index (Phi) is 7.54. The molecule has 1 amide bonds. The maximum atomic E-state index is 11.7. The number of alkyl halides is 2. The maximum Gasteiger partial charge on any atom is 0.261 e. The molecule has 0 fully saturated rings. The number of ether oxygens (including phenoxy) is 1. The van der Waals surface area contributed by atoms with E-state index in [1.807, 2.05) is 12.1 Å². The van der Waals surface area contributed by atoms with Crippen molar-refractivity contribution in [2.24, 2.45) is 0 Å². The Morgan fingerprint density at radius 1 is 1.42 bits per heavy atom. The van der Waals surface area contributed by atoms with Crippen LogP contribution in [-0.2, 0) is 9.53 Å². The molecular formula is C12H15BrF2N2O2. The van der Waals surface area contributed by atoms with Gasteiger partial charge in [-0.1, -0.05) is 22.0 Å². The van der Waals surface area contributed by atoms with E-state index in [1.165, 1.54) is 0 Å². The standard InChI is InChI=1S/C12H15BrF2N2O2/c13-9-2-1-3-10(6-9)17-12(18)7-16-4-5-19-8-11(14)15/h1-3,6,11,16H,4-5,7-8H2,(H,17,18). The second kappa shape index (κ2) is 8.95. The van der Waals surface area contributed by atoms with Gasteiger partial charge in [0, 0.05) is 16.7 Å². The molecule has 2 N–H and O–H groups in total. The zero-order valence-electron chi connectivity index (χ0n) is 10.2. The Morgan fingerprint density at radius 3 is 2.89 bits per heavy atom. The highest BCUT2D eigenvalue weighted by Gasteiger charge is 2.03. The third kappa shape index (κ3) is 7.86. The highest BCUT2D eigenvalue weighted by atomic mass is 79.9. The van der Waals surface area contributed by atoms with Crippen LogP contribution in [0.15, 0.2) is 28.7 Å². The van der Waals surface area contributed by atoms with Gasteiger partial charge in [0.15, 0.2) is 0 Å². The van der Waals surface area contributed by atoms with Crippen LogP contribution in [0.2, 0.25) is 0 Å². The molecule has 0 atom stereocenters. The fourth-order valence-electron chi connectivity index (χ4n) is 1.29. The molecule has 19 heavy (non-hydrogen) atoms. The van der Waals surface area contributed by atoms with Crippen LogP contribution in [0.4, 0.5) is 14.5 Å². The summed E-state index contributed by atoms with van der Waals surface area (Å²) in [5.41, 5.74) is 0.690. The van der Waals surface area contributed by atoms with Gasteiger partial charge >= 0.3 is 0 Å². The number of nitrogens with one attached hydrogen (secondary N) is 2. The van der Waals surface area contributed by atoms with E-state index in [4.69, 9.17) is 0 Å². The zero-order chi connectivity index (χ0) is 14.1. The minimum atomic E-state index is -2.46. The number of hydrogen-bond donors (Lipinski definition) is 2. The van der Waals surface area contributed by atoms with Crippen LogP contribution >= 0.6 is 15.9 Å². The molecule has 106 valence electrons. The molecule has 1 aromatic carbocycles. The lowest BCUT2D eigenvalue weighted by Gasteiger charge is -2.07. The summed E-state index contributed by atoms with van der Waals surface area (Å²) in [6.07, 6.45) is -2.46.